The largest absolute Gasteiger partial charge is 0.490 e. The molecule has 1 aromatic carbocycles. The van der Waals surface area contributed by atoms with E-state index in [0.29, 0.717) is 38.1 Å². The Morgan fingerprint density at radius 2 is 1.52 bits per heavy atom. The van der Waals surface area contributed by atoms with Crippen molar-refractivity contribution in [1.29, 1.82) is 0 Å². The molecule has 0 heterocycles. The molecule has 1 rings (SSSR count). The molecule has 0 fully saturated rings. The van der Waals surface area contributed by atoms with Crippen molar-refractivity contribution in [3.8, 4) is 11.5 Å². The molecule has 4 nitrogen and oxygen atoms in total. The van der Waals surface area contributed by atoms with Crippen LogP contribution in [0.15, 0.2) is 18.2 Å². The molecular weight excluding hydrogens is 288 g/mol. The molecule has 0 aliphatic rings. The monoisotopic (exact) mass is 322 g/mol. The van der Waals surface area contributed by atoms with Gasteiger partial charge in [0.2, 0.25) is 0 Å². The van der Waals surface area contributed by atoms with Crippen molar-refractivity contribution in [1.82, 2.24) is 0 Å². The standard InChI is InChI=1S/C19H34N2O2/c1-4-9-22-18-8-7-17(12-19(18)23-10-5-2)16(6-3)11-15(13-20)14-21/h7-8,12,15-16H,4-6,9-11,13-14,20-21H2,1-3H3. The highest BCUT2D eigenvalue weighted by molar-refractivity contribution is 5.44. The Morgan fingerprint density at radius 3 is 2.04 bits per heavy atom. The maximum Gasteiger partial charge on any atom is 0.161 e. The van der Waals surface area contributed by atoms with Crippen LogP contribution in [0, 0.1) is 5.92 Å². The summed E-state index contributed by atoms with van der Waals surface area (Å²) < 4.78 is 11.7. The first-order valence-corrected chi connectivity index (χ1v) is 8.99. The van der Waals surface area contributed by atoms with Gasteiger partial charge in [0.05, 0.1) is 13.2 Å². The molecule has 0 aliphatic heterocycles. The van der Waals surface area contributed by atoms with E-state index in [1.807, 2.05) is 6.07 Å². The van der Waals surface area contributed by atoms with Crippen LogP contribution in [0.5, 0.6) is 11.5 Å². The van der Waals surface area contributed by atoms with E-state index in [9.17, 15) is 0 Å². The van der Waals surface area contributed by atoms with Gasteiger partial charge in [-0.2, -0.15) is 0 Å². The fraction of sp³-hybridized carbons (Fsp3) is 0.684. The second-order valence-corrected chi connectivity index (χ2v) is 6.08. The predicted molar refractivity (Wildman–Crippen MR) is 97.3 cm³/mol. The van der Waals surface area contributed by atoms with E-state index in [4.69, 9.17) is 20.9 Å². The molecule has 1 unspecified atom stereocenters. The van der Waals surface area contributed by atoms with E-state index in [1.54, 1.807) is 0 Å². The lowest BCUT2D eigenvalue weighted by Crippen LogP contribution is -2.25. The first kappa shape index (κ1) is 19.8. The van der Waals surface area contributed by atoms with Crippen LogP contribution >= 0.6 is 0 Å². The Hall–Kier alpha value is -1.26. The normalized spacial score (nSPS) is 12.4. The van der Waals surface area contributed by atoms with Gasteiger partial charge in [-0.15, -0.1) is 0 Å². The third-order valence-corrected chi connectivity index (χ3v) is 4.14. The molecule has 0 amide bonds. The summed E-state index contributed by atoms with van der Waals surface area (Å²) in [6.07, 6.45) is 4.06. The summed E-state index contributed by atoms with van der Waals surface area (Å²) in [6.45, 7) is 9.13. The molecule has 132 valence electrons. The molecular formula is C19H34N2O2. The summed E-state index contributed by atoms with van der Waals surface area (Å²) >= 11 is 0. The molecule has 0 saturated heterocycles. The molecule has 23 heavy (non-hydrogen) atoms. The third kappa shape index (κ3) is 6.40. The van der Waals surface area contributed by atoms with Gasteiger partial charge in [-0.05, 0) is 68.3 Å². The second-order valence-electron chi connectivity index (χ2n) is 6.08. The topological polar surface area (TPSA) is 70.5 Å². The molecule has 0 saturated carbocycles. The quantitative estimate of drug-likeness (QED) is 0.616. The molecule has 0 aliphatic carbocycles. The van der Waals surface area contributed by atoms with Crippen molar-refractivity contribution in [3.63, 3.8) is 0 Å². The van der Waals surface area contributed by atoms with Crippen LogP contribution in [0.4, 0.5) is 0 Å². The second kappa shape index (κ2) is 11.3. The van der Waals surface area contributed by atoms with Crippen molar-refractivity contribution >= 4 is 0 Å². The first-order valence-electron chi connectivity index (χ1n) is 8.99. The number of rotatable bonds is 12. The van der Waals surface area contributed by atoms with Gasteiger partial charge >= 0.3 is 0 Å². The van der Waals surface area contributed by atoms with Gasteiger partial charge in [-0.3, -0.25) is 0 Å². The summed E-state index contributed by atoms with van der Waals surface area (Å²) in [6, 6.07) is 6.33. The summed E-state index contributed by atoms with van der Waals surface area (Å²) in [5.41, 5.74) is 12.9. The van der Waals surface area contributed by atoms with Crippen LogP contribution in [0.3, 0.4) is 0 Å². The van der Waals surface area contributed by atoms with Crippen LogP contribution in [-0.4, -0.2) is 26.3 Å². The van der Waals surface area contributed by atoms with E-state index < -0.39 is 0 Å². The Balaban J connectivity index is 2.95. The predicted octanol–water partition coefficient (Wildman–Crippen LogP) is 3.68. The zero-order valence-electron chi connectivity index (χ0n) is 15.0. The third-order valence-electron chi connectivity index (χ3n) is 4.14. The van der Waals surface area contributed by atoms with Crippen molar-refractivity contribution in [3.05, 3.63) is 23.8 Å². The molecule has 0 bridgehead atoms. The summed E-state index contributed by atoms with van der Waals surface area (Å²) in [5.74, 6) is 2.52. The molecule has 0 aromatic heterocycles. The highest BCUT2D eigenvalue weighted by atomic mass is 16.5. The maximum absolute atomic E-state index is 5.90. The van der Waals surface area contributed by atoms with Gasteiger partial charge in [0, 0.05) is 0 Å². The molecule has 4 heteroatoms. The zero-order valence-corrected chi connectivity index (χ0v) is 15.0. The van der Waals surface area contributed by atoms with E-state index in [0.717, 1.165) is 37.2 Å². The summed E-state index contributed by atoms with van der Waals surface area (Å²) in [5, 5.41) is 0. The van der Waals surface area contributed by atoms with Gasteiger partial charge in [0.25, 0.3) is 0 Å². The summed E-state index contributed by atoms with van der Waals surface area (Å²) in [4.78, 5) is 0. The van der Waals surface area contributed by atoms with Crippen molar-refractivity contribution < 1.29 is 9.47 Å². The Kier molecular flexibility index (Phi) is 9.72. The molecule has 1 atom stereocenters. The minimum absolute atomic E-state index is 0.371. The maximum atomic E-state index is 5.90. The lowest BCUT2D eigenvalue weighted by molar-refractivity contribution is 0.267. The highest BCUT2D eigenvalue weighted by Gasteiger charge is 2.17. The van der Waals surface area contributed by atoms with Gasteiger partial charge in [-0.25, -0.2) is 0 Å². The fourth-order valence-electron chi connectivity index (χ4n) is 2.66. The van der Waals surface area contributed by atoms with Crippen LogP contribution in [-0.2, 0) is 0 Å². The summed E-state index contributed by atoms with van der Waals surface area (Å²) in [7, 11) is 0. The Morgan fingerprint density at radius 1 is 0.913 bits per heavy atom. The number of benzene rings is 1. The average molecular weight is 322 g/mol. The zero-order chi connectivity index (χ0) is 17.1. The molecule has 4 N–H and O–H groups in total. The van der Waals surface area contributed by atoms with E-state index in [2.05, 4.69) is 32.9 Å². The van der Waals surface area contributed by atoms with Crippen molar-refractivity contribution in [2.75, 3.05) is 26.3 Å². The van der Waals surface area contributed by atoms with Crippen LogP contribution < -0.4 is 20.9 Å². The lowest BCUT2D eigenvalue weighted by Gasteiger charge is -2.22. The van der Waals surface area contributed by atoms with Crippen LogP contribution in [0.1, 0.15) is 57.9 Å². The van der Waals surface area contributed by atoms with E-state index in [-0.39, 0.29) is 0 Å². The van der Waals surface area contributed by atoms with Gasteiger partial charge < -0.3 is 20.9 Å². The van der Waals surface area contributed by atoms with E-state index >= 15 is 0 Å². The van der Waals surface area contributed by atoms with Crippen molar-refractivity contribution in [2.24, 2.45) is 17.4 Å². The molecule has 0 spiro atoms. The highest BCUT2D eigenvalue weighted by Crippen LogP contribution is 2.34. The molecule has 1 aromatic rings. The molecule has 0 radical (unpaired) electrons. The Bertz CT molecular complexity index is 433. The van der Waals surface area contributed by atoms with Gasteiger partial charge in [0.1, 0.15) is 0 Å². The van der Waals surface area contributed by atoms with Crippen molar-refractivity contribution in [2.45, 2.75) is 52.4 Å². The minimum Gasteiger partial charge on any atom is -0.490 e. The minimum atomic E-state index is 0.371. The van der Waals surface area contributed by atoms with Crippen LogP contribution in [0.2, 0.25) is 0 Å². The smallest absolute Gasteiger partial charge is 0.161 e. The van der Waals surface area contributed by atoms with Crippen LogP contribution in [0.25, 0.3) is 0 Å². The van der Waals surface area contributed by atoms with Gasteiger partial charge in [0.15, 0.2) is 11.5 Å². The fourth-order valence-corrected chi connectivity index (χ4v) is 2.66. The average Bonchev–Trinajstić information content (AvgIpc) is 2.59. The lowest BCUT2D eigenvalue weighted by atomic mass is 9.87. The number of hydrogen-bond acceptors (Lipinski definition) is 4. The number of nitrogens with two attached hydrogens (primary N) is 2. The number of hydrogen-bond donors (Lipinski definition) is 2. The first-order chi connectivity index (χ1) is 11.2. The van der Waals surface area contributed by atoms with E-state index in [1.165, 1.54) is 5.56 Å². The van der Waals surface area contributed by atoms with Gasteiger partial charge in [-0.1, -0.05) is 26.8 Å². The number of ether oxygens (including phenoxy) is 2. The SMILES string of the molecule is CCCOc1ccc(C(CC)CC(CN)CN)cc1OCCC. The Labute approximate surface area is 141 Å².